The van der Waals surface area contributed by atoms with E-state index in [1.807, 2.05) is 0 Å². The van der Waals surface area contributed by atoms with Gasteiger partial charge in [-0.3, -0.25) is 0 Å². The minimum atomic E-state index is 0.781. The van der Waals surface area contributed by atoms with Crippen molar-refractivity contribution in [2.75, 3.05) is 6.54 Å². The molecule has 0 aliphatic carbocycles. The maximum atomic E-state index is 5.51. The molecule has 0 aromatic heterocycles. The summed E-state index contributed by atoms with van der Waals surface area (Å²) in [5, 5.41) is 0. The molecular weight excluding hydrogens is 170 g/mol. The van der Waals surface area contributed by atoms with Crippen molar-refractivity contribution in [3.63, 3.8) is 0 Å². The minimum absolute atomic E-state index is 0.781. The SMILES string of the molecule is CC(CCN)CCCc1ccccc1. The van der Waals surface area contributed by atoms with Gasteiger partial charge in [-0.05, 0) is 37.3 Å². The van der Waals surface area contributed by atoms with E-state index in [4.69, 9.17) is 5.73 Å². The molecule has 1 aromatic rings. The predicted molar refractivity (Wildman–Crippen MR) is 62.2 cm³/mol. The first-order chi connectivity index (χ1) is 6.83. The molecule has 78 valence electrons. The zero-order valence-electron chi connectivity index (χ0n) is 9.08. The Morgan fingerprint density at radius 3 is 2.50 bits per heavy atom. The van der Waals surface area contributed by atoms with Gasteiger partial charge in [-0.25, -0.2) is 0 Å². The van der Waals surface area contributed by atoms with Crippen molar-refractivity contribution in [3.05, 3.63) is 35.9 Å². The summed E-state index contributed by atoms with van der Waals surface area (Å²) in [6, 6.07) is 10.7. The van der Waals surface area contributed by atoms with E-state index in [0.29, 0.717) is 0 Å². The summed E-state index contributed by atoms with van der Waals surface area (Å²) in [5.74, 6) is 0.781. The second kappa shape index (κ2) is 6.61. The first kappa shape index (κ1) is 11.3. The highest BCUT2D eigenvalue weighted by molar-refractivity contribution is 5.14. The van der Waals surface area contributed by atoms with Crippen LogP contribution in [0.5, 0.6) is 0 Å². The van der Waals surface area contributed by atoms with Crippen molar-refractivity contribution in [2.45, 2.75) is 32.6 Å². The van der Waals surface area contributed by atoms with Crippen LogP contribution in [-0.2, 0) is 6.42 Å². The average Bonchev–Trinajstić information content (AvgIpc) is 2.20. The number of nitrogens with two attached hydrogens (primary N) is 1. The van der Waals surface area contributed by atoms with Crippen LogP contribution < -0.4 is 5.73 Å². The molecule has 0 fully saturated rings. The first-order valence-electron chi connectivity index (χ1n) is 5.57. The van der Waals surface area contributed by atoms with Crippen LogP contribution in [0.3, 0.4) is 0 Å². The lowest BCUT2D eigenvalue weighted by Crippen LogP contribution is -2.05. The molecule has 0 saturated carbocycles. The van der Waals surface area contributed by atoms with Crippen LogP contribution >= 0.6 is 0 Å². The van der Waals surface area contributed by atoms with Crippen LogP contribution in [0, 0.1) is 5.92 Å². The highest BCUT2D eigenvalue weighted by atomic mass is 14.5. The molecule has 0 heterocycles. The van der Waals surface area contributed by atoms with Crippen molar-refractivity contribution in [3.8, 4) is 0 Å². The van der Waals surface area contributed by atoms with Gasteiger partial charge >= 0.3 is 0 Å². The van der Waals surface area contributed by atoms with Crippen molar-refractivity contribution >= 4 is 0 Å². The molecule has 14 heavy (non-hydrogen) atoms. The lowest BCUT2D eigenvalue weighted by Gasteiger charge is -2.09. The molecule has 0 bridgehead atoms. The normalized spacial score (nSPS) is 12.7. The Hall–Kier alpha value is -0.820. The summed E-state index contributed by atoms with van der Waals surface area (Å²) in [6.45, 7) is 3.12. The summed E-state index contributed by atoms with van der Waals surface area (Å²) in [4.78, 5) is 0. The van der Waals surface area contributed by atoms with Crippen LogP contribution in [0.1, 0.15) is 31.7 Å². The van der Waals surface area contributed by atoms with Gasteiger partial charge in [0, 0.05) is 0 Å². The first-order valence-corrected chi connectivity index (χ1v) is 5.57. The number of hydrogen-bond acceptors (Lipinski definition) is 1. The number of rotatable bonds is 6. The lowest BCUT2D eigenvalue weighted by atomic mass is 9.98. The van der Waals surface area contributed by atoms with E-state index in [1.54, 1.807) is 0 Å². The largest absolute Gasteiger partial charge is 0.330 e. The Morgan fingerprint density at radius 1 is 1.14 bits per heavy atom. The zero-order chi connectivity index (χ0) is 10.2. The maximum Gasteiger partial charge on any atom is -0.00747 e. The standard InChI is InChI=1S/C13H21N/c1-12(10-11-14)6-5-9-13-7-3-2-4-8-13/h2-4,7-8,12H,5-6,9-11,14H2,1H3. The van der Waals surface area contributed by atoms with Crippen molar-refractivity contribution in [2.24, 2.45) is 11.7 Å². The summed E-state index contributed by atoms with van der Waals surface area (Å²) >= 11 is 0. The summed E-state index contributed by atoms with van der Waals surface area (Å²) in [7, 11) is 0. The van der Waals surface area contributed by atoms with Crippen LogP contribution in [0.25, 0.3) is 0 Å². The molecule has 0 saturated heterocycles. The van der Waals surface area contributed by atoms with E-state index in [-0.39, 0.29) is 0 Å². The molecule has 1 unspecified atom stereocenters. The average molecular weight is 191 g/mol. The molecule has 0 aliphatic heterocycles. The third kappa shape index (κ3) is 4.43. The highest BCUT2D eigenvalue weighted by Crippen LogP contribution is 2.12. The molecule has 1 aromatic carbocycles. The van der Waals surface area contributed by atoms with Gasteiger partial charge < -0.3 is 5.73 Å². The van der Waals surface area contributed by atoms with Crippen LogP contribution in [0.4, 0.5) is 0 Å². The van der Waals surface area contributed by atoms with E-state index in [2.05, 4.69) is 37.3 Å². The fourth-order valence-electron chi connectivity index (χ4n) is 1.73. The molecule has 0 spiro atoms. The van der Waals surface area contributed by atoms with E-state index in [9.17, 15) is 0 Å². The Kier molecular flexibility index (Phi) is 5.31. The van der Waals surface area contributed by atoms with E-state index >= 15 is 0 Å². The Balaban J connectivity index is 2.16. The predicted octanol–water partition coefficient (Wildman–Crippen LogP) is 2.99. The van der Waals surface area contributed by atoms with E-state index in [1.165, 1.54) is 24.8 Å². The maximum absolute atomic E-state index is 5.51. The second-order valence-electron chi connectivity index (χ2n) is 4.06. The van der Waals surface area contributed by atoms with Crippen LogP contribution in [0.15, 0.2) is 30.3 Å². The second-order valence-corrected chi connectivity index (χ2v) is 4.06. The van der Waals surface area contributed by atoms with E-state index < -0.39 is 0 Å². The fraction of sp³-hybridized carbons (Fsp3) is 0.538. The molecule has 0 radical (unpaired) electrons. The van der Waals surface area contributed by atoms with Crippen molar-refractivity contribution in [1.29, 1.82) is 0 Å². The molecular formula is C13H21N. The lowest BCUT2D eigenvalue weighted by molar-refractivity contribution is 0.481. The number of benzene rings is 1. The zero-order valence-corrected chi connectivity index (χ0v) is 9.08. The quantitative estimate of drug-likeness (QED) is 0.735. The molecule has 1 nitrogen and oxygen atoms in total. The van der Waals surface area contributed by atoms with Gasteiger partial charge in [0.05, 0.1) is 0 Å². The minimum Gasteiger partial charge on any atom is -0.330 e. The van der Waals surface area contributed by atoms with Gasteiger partial charge in [0.25, 0.3) is 0 Å². The van der Waals surface area contributed by atoms with Gasteiger partial charge in [-0.15, -0.1) is 0 Å². The molecule has 0 aliphatic rings. The fourth-order valence-corrected chi connectivity index (χ4v) is 1.73. The van der Waals surface area contributed by atoms with E-state index in [0.717, 1.165) is 18.9 Å². The summed E-state index contributed by atoms with van der Waals surface area (Å²) in [5.41, 5.74) is 6.96. The van der Waals surface area contributed by atoms with Gasteiger partial charge in [0.2, 0.25) is 0 Å². The van der Waals surface area contributed by atoms with Gasteiger partial charge in [0.15, 0.2) is 0 Å². The third-order valence-electron chi connectivity index (χ3n) is 2.66. The Bertz CT molecular complexity index is 230. The van der Waals surface area contributed by atoms with Gasteiger partial charge in [-0.2, -0.15) is 0 Å². The monoisotopic (exact) mass is 191 g/mol. The summed E-state index contributed by atoms with van der Waals surface area (Å²) in [6.07, 6.45) is 4.95. The van der Waals surface area contributed by atoms with Crippen LogP contribution in [0.2, 0.25) is 0 Å². The Labute approximate surface area is 87.3 Å². The van der Waals surface area contributed by atoms with Crippen molar-refractivity contribution < 1.29 is 0 Å². The van der Waals surface area contributed by atoms with Crippen LogP contribution in [-0.4, -0.2) is 6.54 Å². The number of hydrogen-bond donors (Lipinski definition) is 1. The number of aryl methyl sites for hydroxylation is 1. The molecule has 1 rings (SSSR count). The Morgan fingerprint density at radius 2 is 1.86 bits per heavy atom. The molecule has 0 amide bonds. The molecule has 1 heteroatoms. The molecule has 2 N–H and O–H groups in total. The summed E-state index contributed by atoms with van der Waals surface area (Å²) < 4.78 is 0. The smallest absolute Gasteiger partial charge is 0.00747 e. The highest BCUT2D eigenvalue weighted by Gasteiger charge is 2.00. The molecule has 1 atom stereocenters. The third-order valence-corrected chi connectivity index (χ3v) is 2.66. The van der Waals surface area contributed by atoms with Crippen molar-refractivity contribution in [1.82, 2.24) is 0 Å². The topological polar surface area (TPSA) is 26.0 Å². The van der Waals surface area contributed by atoms with Gasteiger partial charge in [-0.1, -0.05) is 43.7 Å². The van der Waals surface area contributed by atoms with Gasteiger partial charge in [0.1, 0.15) is 0 Å².